The number of carbonyl (C=O) groups excluding carboxylic acids is 2. The summed E-state index contributed by atoms with van der Waals surface area (Å²) in [6, 6.07) is 12.2. The Bertz CT molecular complexity index is 956. The zero-order valence-corrected chi connectivity index (χ0v) is 16.2. The van der Waals surface area contributed by atoms with E-state index < -0.39 is 0 Å². The maximum absolute atomic E-state index is 12.1. The summed E-state index contributed by atoms with van der Waals surface area (Å²) in [7, 11) is 1.61. The second-order valence-electron chi connectivity index (χ2n) is 5.77. The number of aromatic nitrogens is 1. The Kier molecular flexibility index (Phi) is 6.26. The molecule has 1 aromatic heterocycles. The quantitative estimate of drug-likeness (QED) is 0.582. The van der Waals surface area contributed by atoms with E-state index in [0.29, 0.717) is 35.1 Å². The SMILES string of the molecule is COc1ccc2nc(NC(=O)CCCNC(=O)c3ccc(Cl)cc3)sc2c1. The Morgan fingerprint density at radius 2 is 1.96 bits per heavy atom. The first-order valence-corrected chi connectivity index (χ1v) is 9.53. The number of hydrogen-bond acceptors (Lipinski definition) is 5. The van der Waals surface area contributed by atoms with Crippen molar-refractivity contribution in [1.82, 2.24) is 10.3 Å². The average Bonchev–Trinajstić information content (AvgIpc) is 3.06. The number of ether oxygens (including phenoxy) is 1. The number of nitrogens with one attached hydrogen (secondary N) is 2. The summed E-state index contributed by atoms with van der Waals surface area (Å²) in [5.41, 5.74) is 1.35. The summed E-state index contributed by atoms with van der Waals surface area (Å²) in [5.74, 6) is 0.425. The van der Waals surface area contributed by atoms with E-state index in [2.05, 4.69) is 15.6 Å². The van der Waals surface area contributed by atoms with Gasteiger partial charge in [0.1, 0.15) is 5.75 Å². The van der Waals surface area contributed by atoms with Gasteiger partial charge < -0.3 is 15.4 Å². The van der Waals surface area contributed by atoms with Crippen molar-refractivity contribution in [1.29, 1.82) is 0 Å². The third-order valence-corrected chi connectivity index (χ3v) is 5.00. The molecule has 0 fully saturated rings. The van der Waals surface area contributed by atoms with Crippen LogP contribution in [0.2, 0.25) is 5.02 Å². The number of nitrogens with zero attached hydrogens (tertiary/aromatic N) is 1. The first kappa shape index (κ1) is 19.1. The van der Waals surface area contributed by atoms with Gasteiger partial charge in [-0.3, -0.25) is 9.59 Å². The van der Waals surface area contributed by atoms with Crippen LogP contribution in [0.5, 0.6) is 5.75 Å². The van der Waals surface area contributed by atoms with E-state index in [0.717, 1.165) is 16.0 Å². The van der Waals surface area contributed by atoms with Crippen molar-refractivity contribution in [3.05, 3.63) is 53.1 Å². The molecule has 0 saturated carbocycles. The molecule has 0 spiro atoms. The molecular weight excluding hydrogens is 386 g/mol. The molecule has 2 amide bonds. The summed E-state index contributed by atoms with van der Waals surface area (Å²) in [5, 5.41) is 6.71. The number of amides is 2. The summed E-state index contributed by atoms with van der Waals surface area (Å²) in [6.07, 6.45) is 0.823. The molecule has 27 heavy (non-hydrogen) atoms. The summed E-state index contributed by atoms with van der Waals surface area (Å²) in [4.78, 5) is 28.4. The van der Waals surface area contributed by atoms with Gasteiger partial charge in [-0.1, -0.05) is 22.9 Å². The molecular formula is C19H18ClN3O3S. The van der Waals surface area contributed by atoms with Crippen LogP contribution in [0.15, 0.2) is 42.5 Å². The number of thiazole rings is 1. The second-order valence-corrected chi connectivity index (χ2v) is 7.23. The molecule has 0 radical (unpaired) electrons. The number of anilines is 1. The predicted octanol–water partition coefficient (Wildman–Crippen LogP) is 4.11. The van der Waals surface area contributed by atoms with E-state index in [9.17, 15) is 9.59 Å². The second kappa shape index (κ2) is 8.83. The van der Waals surface area contributed by atoms with E-state index in [4.69, 9.17) is 16.3 Å². The average molecular weight is 404 g/mol. The van der Waals surface area contributed by atoms with Crippen molar-refractivity contribution in [2.24, 2.45) is 0 Å². The van der Waals surface area contributed by atoms with Gasteiger partial charge in [0.05, 0.1) is 17.3 Å². The maximum atomic E-state index is 12.1. The van der Waals surface area contributed by atoms with Crippen LogP contribution in [-0.4, -0.2) is 30.5 Å². The van der Waals surface area contributed by atoms with Crippen molar-refractivity contribution in [2.45, 2.75) is 12.8 Å². The molecule has 0 unspecified atom stereocenters. The molecule has 140 valence electrons. The number of carbonyl (C=O) groups is 2. The minimum absolute atomic E-state index is 0.137. The lowest BCUT2D eigenvalue weighted by Gasteiger charge is -2.05. The minimum Gasteiger partial charge on any atom is -0.497 e. The lowest BCUT2D eigenvalue weighted by Crippen LogP contribution is -2.25. The molecule has 2 N–H and O–H groups in total. The van der Waals surface area contributed by atoms with Crippen molar-refractivity contribution in [3.63, 3.8) is 0 Å². The van der Waals surface area contributed by atoms with E-state index in [1.54, 1.807) is 31.4 Å². The number of methoxy groups -OCH3 is 1. The number of halogens is 1. The van der Waals surface area contributed by atoms with Gasteiger partial charge in [-0.05, 0) is 48.9 Å². The molecule has 0 aliphatic carbocycles. The van der Waals surface area contributed by atoms with Gasteiger partial charge in [0.25, 0.3) is 5.91 Å². The fraction of sp³-hybridized carbons (Fsp3) is 0.211. The lowest BCUT2D eigenvalue weighted by molar-refractivity contribution is -0.116. The van der Waals surface area contributed by atoms with Gasteiger partial charge >= 0.3 is 0 Å². The molecule has 0 aliphatic rings. The molecule has 6 nitrogen and oxygen atoms in total. The van der Waals surface area contributed by atoms with Crippen LogP contribution in [0.1, 0.15) is 23.2 Å². The van der Waals surface area contributed by atoms with Gasteiger partial charge in [-0.25, -0.2) is 4.98 Å². The van der Waals surface area contributed by atoms with Crippen LogP contribution in [0.25, 0.3) is 10.2 Å². The number of hydrogen-bond donors (Lipinski definition) is 2. The lowest BCUT2D eigenvalue weighted by atomic mass is 10.2. The molecule has 0 bridgehead atoms. The zero-order chi connectivity index (χ0) is 19.2. The molecule has 0 saturated heterocycles. The Morgan fingerprint density at radius 3 is 2.70 bits per heavy atom. The van der Waals surface area contributed by atoms with Crippen molar-refractivity contribution < 1.29 is 14.3 Å². The van der Waals surface area contributed by atoms with Gasteiger partial charge in [0, 0.05) is 23.6 Å². The van der Waals surface area contributed by atoms with E-state index in [-0.39, 0.29) is 11.8 Å². The smallest absolute Gasteiger partial charge is 0.251 e. The molecule has 2 aromatic carbocycles. The first-order chi connectivity index (χ1) is 13.0. The van der Waals surface area contributed by atoms with Gasteiger partial charge in [-0.15, -0.1) is 0 Å². The normalized spacial score (nSPS) is 10.6. The standard InChI is InChI=1S/C19H18ClN3O3S/c1-26-14-8-9-15-16(11-14)27-19(22-15)23-17(24)3-2-10-21-18(25)12-4-6-13(20)7-5-12/h4-9,11H,2-3,10H2,1H3,(H,21,25)(H,22,23,24). The van der Waals surface area contributed by atoms with Crippen LogP contribution in [0.3, 0.4) is 0 Å². The molecule has 3 rings (SSSR count). The van der Waals surface area contributed by atoms with Crippen molar-refractivity contribution in [3.8, 4) is 5.75 Å². The molecule has 0 atom stereocenters. The van der Waals surface area contributed by atoms with Crippen molar-refractivity contribution in [2.75, 3.05) is 19.0 Å². The highest BCUT2D eigenvalue weighted by atomic mass is 35.5. The topological polar surface area (TPSA) is 80.3 Å². The Labute approximate surface area is 165 Å². The van der Waals surface area contributed by atoms with Crippen LogP contribution in [0, 0.1) is 0 Å². The summed E-state index contributed by atoms with van der Waals surface area (Å²) >= 11 is 7.19. The first-order valence-electron chi connectivity index (χ1n) is 8.33. The fourth-order valence-electron chi connectivity index (χ4n) is 2.42. The van der Waals surface area contributed by atoms with Crippen LogP contribution in [0.4, 0.5) is 5.13 Å². The zero-order valence-electron chi connectivity index (χ0n) is 14.6. The Morgan fingerprint density at radius 1 is 1.19 bits per heavy atom. The van der Waals surface area contributed by atoms with E-state index in [1.165, 1.54) is 11.3 Å². The largest absolute Gasteiger partial charge is 0.497 e. The van der Waals surface area contributed by atoms with Gasteiger partial charge in [0.15, 0.2) is 5.13 Å². The number of benzene rings is 2. The molecule has 0 aliphatic heterocycles. The van der Waals surface area contributed by atoms with Gasteiger partial charge in [0.2, 0.25) is 5.91 Å². The molecule has 3 aromatic rings. The Hall–Kier alpha value is -2.64. The highest BCUT2D eigenvalue weighted by Gasteiger charge is 2.09. The molecule has 1 heterocycles. The Balaban J connectivity index is 1.44. The summed E-state index contributed by atoms with van der Waals surface area (Å²) in [6.45, 7) is 0.409. The van der Waals surface area contributed by atoms with Gasteiger partial charge in [-0.2, -0.15) is 0 Å². The van der Waals surface area contributed by atoms with Crippen molar-refractivity contribution >= 4 is 50.1 Å². The highest BCUT2D eigenvalue weighted by molar-refractivity contribution is 7.22. The fourth-order valence-corrected chi connectivity index (χ4v) is 3.46. The van der Waals surface area contributed by atoms with E-state index in [1.807, 2.05) is 18.2 Å². The van der Waals surface area contributed by atoms with Crippen LogP contribution < -0.4 is 15.4 Å². The number of fused-ring (bicyclic) bond motifs is 1. The van der Waals surface area contributed by atoms with Crippen LogP contribution in [-0.2, 0) is 4.79 Å². The minimum atomic E-state index is -0.188. The van der Waals surface area contributed by atoms with Crippen LogP contribution >= 0.6 is 22.9 Å². The number of rotatable bonds is 7. The highest BCUT2D eigenvalue weighted by Crippen LogP contribution is 2.29. The third-order valence-electron chi connectivity index (χ3n) is 3.81. The maximum Gasteiger partial charge on any atom is 0.251 e. The monoisotopic (exact) mass is 403 g/mol. The van der Waals surface area contributed by atoms with E-state index >= 15 is 0 Å². The predicted molar refractivity (Wildman–Crippen MR) is 108 cm³/mol. The molecule has 8 heteroatoms. The third kappa shape index (κ3) is 5.18. The summed E-state index contributed by atoms with van der Waals surface area (Å²) < 4.78 is 6.13.